The molecule has 2 heterocycles. The summed E-state index contributed by atoms with van der Waals surface area (Å²) in [5.41, 5.74) is 7.55. The molecule has 126 valence electrons. The Morgan fingerprint density at radius 1 is 1.00 bits per heavy atom. The third-order valence-corrected chi connectivity index (χ3v) is 3.45. The van der Waals surface area contributed by atoms with Crippen molar-refractivity contribution in [1.82, 2.24) is 20.3 Å². The third kappa shape index (κ3) is 4.29. The molecule has 0 radical (unpaired) electrons. The number of anilines is 1. The Bertz CT molecular complexity index is 855. The average molecular weight is 335 g/mol. The van der Waals surface area contributed by atoms with E-state index in [1.54, 1.807) is 12.3 Å². The summed E-state index contributed by atoms with van der Waals surface area (Å²) in [6, 6.07) is 13.4. The van der Waals surface area contributed by atoms with Gasteiger partial charge < -0.3 is 15.8 Å². The van der Waals surface area contributed by atoms with Crippen molar-refractivity contribution in [2.24, 2.45) is 0 Å². The van der Waals surface area contributed by atoms with Crippen LogP contribution in [0.2, 0.25) is 0 Å². The fraction of sp³-hybridized carbons (Fsp3) is 0.111. The molecule has 7 nitrogen and oxygen atoms in total. The van der Waals surface area contributed by atoms with Crippen LogP contribution in [0.15, 0.2) is 61.1 Å². The minimum Gasteiger partial charge on any atom is -0.473 e. The maximum absolute atomic E-state index is 12.2. The molecule has 1 aromatic carbocycles. The number of rotatable bonds is 6. The highest BCUT2D eigenvalue weighted by atomic mass is 16.5. The molecule has 0 atom stereocenters. The van der Waals surface area contributed by atoms with E-state index in [-0.39, 0.29) is 18.1 Å². The van der Waals surface area contributed by atoms with Crippen LogP contribution >= 0.6 is 0 Å². The number of carbonyl (C=O) groups excluding carboxylic acids is 1. The van der Waals surface area contributed by atoms with Gasteiger partial charge in [-0.05, 0) is 11.6 Å². The number of pyridine rings is 1. The van der Waals surface area contributed by atoms with Crippen molar-refractivity contribution in [3.8, 4) is 5.88 Å². The molecule has 0 saturated heterocycles. The fourth-order valence-electron chi connectivity index (χ4n) is 2.20. The minimum absolute atomic E-state index is 0.0896. The molecule has 0 spiro atoms. The van der Waals surface area contributed by atoms with E-state index >= 15 is 0 Å². The second-order valence-corrected chi connectivity index (χ2v) is 5.21. The molecular weight excluding hydrogens is 318 g/mol. The normalized spacial score (nSPS) is 10.2. The molecule has 0 saturated carbocycles. The molecule has 3 aromatic rings. The van der Waals surface area contributed by atoms with Gasteiger partial charge in [0.25, 0.3) is 5.91 Å². The highest BCUT2D eigenvalue weighted by molar-refractivity contribution is 5.96. The third-order valence-electron chi connectivity index (χ3n) is 3.45. The molecule has 1 amide bonds. The lowest BCUT2D eigenvalue weighted by molar-refractivity contribution is 0.0946. The van der Waals surface area contributed by atoms with Crippen molar-refractivity contribution in [1.29, 1.82) is 0 Å². The zero-order chi connectivity index (χ0) is 17.5. The number of benzene rings is 1. The number of carbonyl (C=O) groups is 1. The first-order valence-corrected chi connectivity index (χ1v) is 7.69. The zero-order valence-electron chi connectivity index (χ0n) is 13.4. The number of nitrogen functional groups attached to an aromatic ring is 1. The molecule has 3 N–H and O–H groups in total. The van der Waals surface area contributed by atoms with Crippen molar-refractivity contribution < 1.29 is 9.53 Å². The van der Waals surface area contributed by atoms with E-state index in [1.165, 1.54) is 12.4 Å². The number of nitrogens with two attached hydrogens (primary N) is 1. The Kier molecular flexibility index (Phi) is 5.16. The molecule has 3 rings (SSSR count). The lowest BCUT2D eigenvalue weighted by Gasteiger charge is -2.11. The summed E-state index contributed by atoms with van der Waals surface area (Å²) in [6.07, 6.45) is 4.50. The van der Waals surface area contributed by atoms with Crippen LogP contribution in [-0.2, 0) is 13.2 Å². The van der Waals surface area contributed by atoms with Gasteiger partial charge in [0.15, 0.2) is 11.5 Å². The van der Waals surface area contributed by atoms with Crippen LogP contribution in [0.5, 0.6) is 5.88 Å². The Morgan fingerprint density at radius 2 is 1.80 bits per heavy atom. The van der Waals surface area contributed by atoms with E-state index in [0.717, 1.165) is 11.1 Å². The molecule has 7 heteroatoms. The van der Waals surface area contributed by atoms with Gasteiger partial charge in [0, 0.05) is 30.7 Å². The van der Waals surface area contributed by atoms with E-state index in [4.69, 9.17) is 10.5 Å². The monoisotopic (exact) mass is 335 g/mol. The number of nitrogens with one attached hydrogen (secondary N) is 1. The van der Waals surface area contributed by atoms with Crippen LogP contribution in [0.25, 0.3) is 0 Å². The van der Waals surface area contributed by atoms with Gasteiger partial charge in [0.05, 0.1) is 0 Å². The second-order valence-electron chi connectivity index (χ2n) is 5.21. The van der Waals surface area contributed by atoms with Crippen LogP contribution in [-0.4, -0.2) is 20.9 Å². The minimum atomic E-state index is -0.400. The first-order valence-electron chi connectivity index (χ1n) is 7.69. The SMILES string of the molecule is Nc1nccnc1C(=O)NCc1cccnc1OCc1ccccc1. The smallest absolute Gasteiger partial charge is 0.273 e. The molecule has 25 heavy (non-hydrogen) atoms. The largest absolute Gasteiger partial charge is 0.473 e. The van der Waals surface area contributed by atoms with Crippen LogP contribution in [0.1, 0.15) is 21.6 Å². The van der Waals surface area contributed by atoms with Gasteiger partial charge in [-0.15, -0.1) is 0 Å². The molecule has 0 fully saturated rings. The number of aromatic nitrogens is 3. The summed E-state index contributed by atoms with van der Waals surface area (Å²) in [7, 11) is 0. The molecule has 2 aromatic heterocycles. The first-order chi connectivity index (χ1) is 12.2. The molecule has 0 unspecified atom stereocenters. The Labute approximate surface area is 144 Å². The van der Waals surface area contributed by atoms with Crippen LogP contribution < -0.4 is 15.8 Å². The van der Waals surface area contributed by atoms with Gasteiger partial charge in [-0.25, -0.2) is 15.0 Å². The van der Waals surface area contributed by atoms with Gasteiger partial charge in [0.1, 0.15) is 6.61 Å². The van der Waals surface area contributed by atoms with Crippen LogP contribution in [0.4, 0.5) is 5.82 Å². The fourth-order valence-corrected chi connectivity index (χ4v) is 2.20. The second kappa shape index (κ2) is 7.87. The average Bonchev–Trinajstić information content (AvgIpc) is 2.66. The first kappa shape index (κ1) is 16.4. The van der Waals surface area contributed by atoms with Gasteiger partial charge in [-0.1, -0.05) is 36.4 Å². The number of nitrogens with zero attached hydrogens (tertiary/aromatic N) is 3. The number of amides is 1. The van der Waals surface area contributed by atoms with E-state index in [2.05, 4.69) is 20.3 Å². The Hall–Kier alpha value is -3.48. The Balaban J connectivity index is 1.65. The van der Waals surface area contributed by atoms with Crippen LogP contribution in [0, 0.1) is 0 Å². The summed E-state index contributed by atoms with van der Waals surface area (Å²) in [5, 5.41) is 2.75. The lowest BCUT2D eigenvalue weighted by Crippen LogP contribution is -2.25. The van der Waals surface area contributed by atoms with Crippen molar-refractivity contribution in [3.05, 3.63) is 77.9 Å². The van der Waals surface area contributed by atoms with Gasteiger partial charge >= 0.3 is 0 Å². The maximum atomic E-state index is 12.2. The summed E-state index contributed by atoms with van der Waals surface area (Å²) < 4.78 is 5.77. The van der Waals surface area contributed by atoms with Crippen molar-refractivity contribution in [2.45, 2.75) is 13.2 Å². The molecule has 0 aliphatic heterocycles. The summed E-state index contributed by atoms with van der Waals surface area (Å²) in [6.45, 7) is 0.642. The topological polar surface area (TPSA) is 103 Å². The predicted molar refractivity (Wildman–Crippen MR) is 92.6 cm³/mol. The molecule has 0 aliphatic rings. The quantitative estimate of drug-likeness (QED) is 0.714. The summed E-state index contributed by atoms with van der Waals surface area (Å²) in [5.74, 6) is 0.161. The molecule has 0 aliphatic carbocycles. The summed E-state index contributed by atoms with van der Waals surface area (Å²) in [4.78, 5) is 24.2. The van der Waals surface area contributed by atoms with E-state index < -0.39 is 5.91 Å². The predicted octanol–water partition coefficient (Wildman–Crippen LogP) is 1.96. The van der Waals surface area contributed by atoms with Crippen molar-refractivity contribution >= 4 is 11.7 Å². The number of hydrogen-bond donors (Lipinski definition) is 2. The number of hydrogen-bond acceptors (Lipinski definition) is 6. The van der Waals surface area contributed by atoms with Gasteiger partial charge in [0.2, 0.25) is 5.88 Å². The van der Waals surface area contributed by atoms with Crippen molar-refractivity contribution in [2.75, 3.05) is 5.73 Å². The van der Waals surface area contributed by atoms with Crippen LogP contribution in [0.3, 0.4) is 0 Å². The summed E-state index contributed by atoms with van der Waals surface area (Å²) >= 11 is 0. The Morgan fingerprint density at radius 3 is 2.60 bits per heavy atom. The van der Waals surface area contributed by atoms with Gasteiger partial charge in [-0.2, -0.15) is 0 Å². The van der Waals surface area contributed by atoms with Crippen molar-refractivity contribution in [3.63, 3.8) is 0 Å². The highest BCUT2D eigenvalue weighted by Gasteiger charge is 2.13. The van der Waals surface area contributed by atoms with Gasteiger partial charge in [-0.3, -0.25) is 4.79 Å². The highest BCUT2D eigenvalue weighted by Crippen LogP contribution is 2.16. The molecule has 0 bridgehead atoms. The number of ether oxygens (including phenoxy) is 1. The van der Waals surface area contributed by atoms with E-state index in [1.807, 2.05) is 36.4 Å². The lowest BCUT2D eigenvalue weighted by atomic mass is 10.2. The van der Waals surface area contributed by atoms with E-state index in [0.29, 0.717) is 12.5 Å². The van der Waals surface area contributed by atoms with E-state index in [9.17, 15) is 4.79 Å². The molecular formula is C18H17N5O2. The zero-order valence-corrected chi connectivity index (χ0v) is 13.4. The maximum Gasteiger partial charge on any atom is 0.273 e. The standard InChI is InChI=1S/C18H17N5O2/c19-16-15(20-9-10-21-16)17(24)23-11-14-7-4-8-22-18(14)25-12-13-5-2-1-3-6-13/h1-10H,11-12H2,(H2,19,21)(H,23,24).